The van der Waals surface area contributed by atoms with Gasteiger partial charge in [-0.25, -0.2) is 0 Å². The van der Waals surface area contributed by atoms with E-state index in [1.807, 2.05) is 25.1 Å². The molecule has 0 aliphatic rings. The number of phenols is 2. The first kappa shape index (κ1) is 19.1. The van der Waals surface area contributed by atoms with E-state index in [0.29, 0.717) is 28.1 Å². The minimum atomic E-state index is -0.0859. The molecule has 2 aromatic heterocycles. The maximum absolute atomic E-state index is 10.5. The molecule has 4 N–H and O–H groups in total. The van der Waals surface area contributed by atoms with Gasteiger partial charge in [0.15, 0.2) is 5.82 Å². The molecule has 0 aliphatic carbocycles. The van der Waals surface area contributed by atoms with Crippen molar-refractivity contribution in [2.24, 2.45) is 0 Å². The van der Waals surface area contributed by atoms with Crippen molar-refractivity contribution in [2.75, 3.05) is 5.84 Å². The lowest BCUT2D eigenvalue weighted by molar-refractivity contribution is 0.447. The highest BCUT2D eigenvalue weighted by Gasteiger charge is 2.20. The van der Waals surface area contributed by atoms with Gasteiger partial charge in [0.2, 0.25) is 4.77 Å². The van der Waals surface area contributed by atoms with Gasteiger partial charge in [0.25, 0.3) is 0 Å². The van der Waals surface area contributed by atoms with E-state index in [-0.39, 0.29) is 11.5 Å². The van der Waals surface area contributed by atoms with E-state index in [4.69, 9.17) is 18.1 Å². The average molecular weight is 410 g/mol. The molecule has 0 aliphatic heterocycles. The third kappa shape index (κ3) is 3.05. The van der Waals surface area contributed by atoms with Gasteiger partial charge >= 0.3 is 0 Å². The molecule has 4 rings (SSSR count). The molecule has 29 heavy (non-hydrogen) atoms. The van der Waals surface area contributed by atoms with Crippen LogP contribution in [0.2, 0.25) is 0 Å². The molecule has 7 nitrogen and oxygen atoms in total. The zero-order valence-electron chi connectivity index (χ0n) is 16.3. The molecular weight excluding hydrogens is 386 g/mol. The molecule has 2 aromatic carbocycles. The van der Waals surface area contributed by atoms with Gasteiger partial charge in [-0.2, -0.15) is 4.79 Å². The van der Waals surface area contributed by atoms with Crippen LogP contribution in [-0.4, -0.2) is 29.2 Å². The number of nitrogen functional groups attached to an aromatic ring is 1. The summed E-state index contributed by atoms with van der Waals surface area (Å²) in [4.78, 5) is 1.13. The predicted molar refractivity (Wildman–Crippen MR) is 116 cm³/mol. The van der Waals surface area contributed by atoms with Gasteiger partial charge in [-0.1, -0.05) is 19.9 Å². The first-order valence-electron chi connectivity index (χ1n) is 9.56. The molecule has 0 radical (unpaired) electrons. The Morgan fingerprint density at radius 2 is 1.90 bits per heavy atom. The number of nitrogens with zero attached hydrogens (tertiary/aromatic N) is 4. The van der Waals surface area contributed by atoms with Crippen LogP contribution < -0.4 is 5.84 Å². The van der Waals surface area contributed by atoms with E-state index < -0.39 is 0 Å². The highest BCUT2D eigenvalue weighted by atomic mass is 32.1. The highest BCUT2D eigenvalue weighted by Crippen LogP contribution is 2.36. The maximum Gasteiger partial charge on any atom is 0.223 e. The van der Waals surface area contributed by atoms with Gasteiger partial charge in [-0.05, 0) is 54.9 Å². The Hall–Kier alpha value is -3.26. The predicted octanol–water partition coefficient (Wildman–Crippen LogP) is 4.12. The number of hydrogen-bond acceptors (Lipinski definition) is 5. The fourth-order valence-corrected chi connectivity index (χ4v) is 3.92. The second-order valence-corrected chi connectivity index (χ2v) is 7.32. The van der Waals surface area contributed by atoms with Gasteiger partial charge < -0.3 is 20.6 Å². The van der Waals surface area contributed by atoms with Gasteiger partial charge in [0, 0.05) is 24.2 Å². The molecule has 4 aromatic rings. The number of aromatic nitrogens is 4. The van der Waals surface area contributed by atoms with E-state index in [9.17, 15) is 10.2 Å². The monoisotopic (exact) mass is 409 g/mol. The lowest BCUT2D eigenvalue weighted by atomic mass is 10.1. The van der Waals surface area contributed by atoms with E-state index in [1.54, 1.807) is 10.6 Å². The molecule has 0 atom stereocenters. The van der Waals surface area contributed by atoms with Gasteiger partial charge in [0.05, 0.1) is 16.8 Å². The summed E-state index contributed by atoms with van der Waals surface area (Å²) in [7, 11) is 0. The van der Waals surface area contributed by atoms with Crippen LogP contribution in [0.15, 0.2) is 42.6 Å². The normalized spacial score (nSPS) is 11.4. The summed E-state index contributed by atoms with van der Waals surface area (Å²) >= 11 is 5.55. The van der Waals surface area contributed by atoms with Gasteiger partial charge in [0.1, 0.15) is 11.5 Å². The van der Waals surface area contributed by atoms with Crippen molar-refractivity contribution in [2.45, 2.75) is 33.2 Å². The number of aromatic hydroxyl groups is 2. The lowest BCUT2D eigenvalue weighted by Crippen LogP contribution is -2.10. The Morgan fingerprint density at radius 3 is 2.62 bits per heavy atom. The summed E-state index contributed by atoms with van der Waals surface area (Å²) in [5, 5.41) is 26.0. The number of hydrogen-bond donors (Lipinski definition) is 3. The zero-order valence-corrected chi connectivity index (χ0v) is 17.1. The molecular formula is C21H23N5O2S. The van der Waals surface area contributed by atoms with Gasteiger partial charge in [-0.15, -0.1) is 5.10 Å². The number of rotatable bonds is 5. The van der Waals surface area contributed by atoms with E-state index in [2.05, 4.69) is 28.9 Å². The molecule has 8 heteroatoms. The summed E-state index contributed by atoms with van der Waals surface area (Å²) in [5.41, 5.74) is 3.08. The lowest BCUT2D eigenvalue weighted by Gasteiger charge is -2.12. The molecule has 150 valence electrons. The molecule has 0 saturated carbocycles. The minimum Gasteiger partial charge on any atom is -0.508 e. The molecule has 2 heterocycles. The van der Waals surface area contributed by atoms with E-state index in [1.165, 1.54) is 6.07 Å². The smallest absolute Gasteiger partial charge is 0.223 e. The number of benzene rings is 2. The molecule has 0 bridgehead atoms. The first-order valence-corrected chi connectivity index (χ1v) is 9.97. The van der Waals surface area contributed by atoms with Crippen molar-refractivity contribution in [3.63, 3.8) is 0 Å². The Bertz CT molecular complexity index is 1270. The Morgan fingerprint density at radius 1 is 1.10 bits per heavy atom. The second-order valence-electron chi connectivity index (χ2n) is 6.96. The van der Waals surface area contributed by atoms with Crippen LogP contribution >= 0.6 is 12.2 Å². The average Bonchev–Trinajstić information content (AvgIpc) is 3.24. The third-order valence-electron chi connectivity index (χ3n) is 5.12. The number of fused-ring (bicyclic) bond motifs is 1. The van der Waals surface area contributed by atoms with Crippen LogP contribution in [0.5, 0.6) is 11.5 Å². The van der Waals surface area contributed by atoms with Crippen molar-refractivity contribution < 1.29 is 10.2 Å². The summed E-state index contributed by atoms with van der Waals surface area (Å²) in [6.45, 7) is 4.99. The van der Waals surface area contributed by atoms with Crippen LogP contribution in [0, 0.1) is 4.77 Å². The topological polar surface area (TPSA) is 94.2 Å². The second kappa shape index (κ2) is 7.29. The Kier molecular flexibility index (Phi) is 4.79. The number of aryl methyl sites for hydroxylation is 2. The van der Waals surface area contributed by atoms with Crippen molar-refractivity contribution in [1.29, 1.82) is 0 Å². The largest absolute Gasteiger partial charge is 0.508 e. The molecule has 0 spiro atoms. The summed E-state index contributed by atoms with van der Waals surface area (Å²) < 4.78 is 4.27. The van der Waals surface area contributed by atoms with Crippen LogP contribution in [-0.2, 0) is 13.0 Å². The number of phenolic OH excluding ortho intramolecular Hbond substituents is 2. The fourth-order valence-electron chi connectivity index (χ4n) is 3.70. The van der Waals surface area contributed by atoms with Crippen molar-refractivity contribution in [3.8, 4) is 28.6 Å². The van der Waals surface area contributed by atoms with E-state index in [0.717, 1.165) is 34.3 Å². The number of nitrogens with two attached hydrogens (primary N) is 1. The zero-order chi connectivity index (χ0) is 20.7. The quantitative estimate of drug-likeness (QED) is 0.340. The van der Waals surface area contributed by atoms with E-state index >= 15 is 0 Å². The standard InChI is InChI=1S/C21H23N5O2S/c1-3-9-24-10-8-14-16(24)6-5-7-17(14)25-20(23-26(22)21(25)29)15-11-13(4-2)18(27)12-19(15)28/h5-8,10-12,27-28H,3-4,9,22H2,1-2H3. The minimum absolute atomic E-state index is 0.0461. The summed E-state index contributed by atoms with van der Waals surface area (Å²) in [5.74, 6) is 6.39. The fraction of sp³-hybridized carbons (Fsp3) is 0.238. The molecule has 0 fully saturated rings. The maximum atomic E-state index is 10.5. The molecule has 0 amide bonds. The van der Waals surface area contributed by atoms with Crippen molar-refractivity contribution in [1.82, 2.24) is 19.0 Å². The van der Waals surface area contributed by atoms with Crippen LogP contribution in [0.3, 0.4) is 0 Å². The molecule has 0 saturated heterocycles. The SMILES string of the molecule is CCCn1ccc2c(-n3c(-c4cc(CC)c(O)cc4O)nn(N)c3=S)cccc21. The van der Waals surface area contributed by atoms with Gasteiger partial charge in [-0.3, -0.25) is 4.57 Å². The Labute approximate surface area is 173 Å². The van der Waals surface area contributed by atoms with Crippen LogP contribution in [0.1, 0.15) is 25.8 Å². The van der Waals surface area contributed by atoms with Crippen molar-refractivity contribution in [3.05, 3.63) is 52.9 Å². The third-order valence-corrected chi connectivity index (χ3v) is 5.49. The Balaban J connectivity index is 2.01. The molecule has 0 unspecified atom stereocenters. The highest BCUT2D eigenvalue weighted by molar-refractivity contribution is 7.71. The van der Waals surface area contributed by atoms with Crippen LogP contribution in [0.4, 0.5) is 0 Å². The summed E-state index contributed by atoms with van der Waals surface area (Å²) in [6.07, 6.45) is 3.69. The first-order chi connectivity index (χ1) is 14.0. The summed E-state index contributed by atoms with van der Waals surface area (Å²) in [6, 6.07) is 11.1. The van der Waals surface area contributed by atoms with Crippen LogP contribution in [0.25, 0.3) is 28.0 Å². The van der Waals surface area contributed by atoms with Crippen molar-refractivity contribution >= 4 is 23.1 Å².